The highest BCUT2D eigenvalue weighted by molar-refractivity contribution is 9.09. The first-order valence-electron chi connectivity index (χ1n) is 5.72. The minimum absolute atomic E-state index is 0.00470. The summed E-state index contributed by atoms with van der Waals surface area (Å²) < 4.78 is 0. The van der Waals surface area contributed by atoms with Gasteiger partial charge in [0.15, 0.2) is 0 Å². The molecule has 0 atom stereocenters. The van der Waals surface area contributed by atoms with Crippen molar-refractivity contribution >= 4 is 33.6 Å². The summed E-state index contributed by atoms with van der Waals surface area (Å²) in [4.78, 5) is 13.3. The van der Waals surface area contributed by atoms with Gasteiger partial charge in [-0.1, -0.05) is 15.9 Å². The molecule has 1 fully saturated rings. The van der Waals surface area contributed by atoms with Crippen molar-refractivity contribution in [1.29, 1.82) is 0 Å². The van der Waals surface area contributed by atoms with Crippen LogP contribution >= 0.6 is 27.7 Å². The molecule has 1 aromatic rings. The summed E-state index contributed by atoms with van der Waals surface area (Å²) in [7, 11) is 0. The van der Waals surface area contributed by atoms with Crippen molar-refractivity contribution in [3.8, 4) is 0 Å². The Morgan fingerprint density at radius 3 is 2.47 bits per heavy atom. The van der Waals surface area contributed by atoms with Gasteiger partial charge in [-0.25, -0.2) is 0 Å². The third-order valence-corrected chi connectivity index (χ3v) is 5.11. The number of thioether (sulfide) groups is 1. The molecule has 0 aromatic heterocycles. The number of halogens is 1. The van der Waals surface area contributed by atoms with Crippen molar-refractivity contribution in [2.75, 3.05) is 11.6 Å². The van der Waals surface area contributed by atoms with Crippen molar-refractivity contribution in [1.82, 2.24) is 5.32 Å². The van der Waals surface area contributed by atoms with Crippen LogP contribution in [0, 0.1) is 0 Å². The van der Waals surface area contributed by atoms with Crippen LogP contribution < -0.4 is 5.32 Å². The molecular weight excluding hydrogens is 298 g/mol. The molecule has 2 rings (SSSR count). The zero-order chi connectivity index (χ0) is 12.3. The highest BCUT2D eigenvalue weighted by Gasteiger charge is 2.37. The maximum Gasteiger partial charge on any atom is 0.251 e. The third-order valence-electron chi connectivity index (χ3n) is 3.30. The Morgan fingerprint density at radius 1 is 1.41 bits per heavy atom. The quantitative estimate of drug-likeness (QED) is 0.681. The molecule has 4 heteroatoms. The van der Waals surface area contributed by atoms with E-state index in [0.717, 1.165) is 23.7 Å². The van der Waals surface area contributed by atoms with Crippen LogP contribution in [0.15, 0.2) is 29.2 Å². The van der Waals surface area contributed by atoms with Crippen LogP contribution in [0.5, 0.6) is 0 Å². The van der Waals surface area contributed by atoms with E-state index in [1.54, 1.807) is 11.8 Å². The molecule has 92 valence electrons. The average molecular weight is 314 g/mol. The van der Waals surface area contributed by atoms with Gasteiger partial charge in [-0.2, -0.15) is 0 Å². The highest BCUT2D eigenvalue weighted by Crippen LogP contribution is 2.33. The van der Waals surface area contributed by atoms with Gasteiger partial charge in [0.05, 0.1) is 5.54 Å². The molecule has 1 aliphatic carbocycles. The van der Waals surface area contributed by atoms with Gasteiger partial charge in [0.2, 0.25) is 0 Å². The van der Waals surface area contributed by atoms with Crippen LogP contribution in [0.2, 0.25) is 0 Å². The SMILES string of the molecule is CSc1ccc(C(=O)NC2(CBr)CCC2)cc1. The van der Waals surface area contributed by atoms with Gasteiger partial charge in [-0.15, -0.1) is 11.8 Å². The summed E-state index contributed by atoms with van der Waals surface area (Å²) in [6, 6.07) is 7.76. The molecule has 1 aromatic carbocycles. The van der Waals surface area contributed by atoms with E-state index in [2.05, 4.69) is 21.2 Å². The summed E-state index contributed by atoms with van der Waals surface area (Å²) in [6.07, 6.45) is 5.39. The lowest BCUT2D eigenvalue weighted by Crippen LogP contribution is -2.54. The molecule has 1 amide bonds. The first-order chi connectivity index (χ1) is 8.19. The second-order valence-corrected chi connectivity index (χ2v) is 5.89. The number of nitrogens with one attached hydrogen (secondary N) is 1. The predicted octanol–water partition coefficient (Wildman–Crippen LogP) is 3.46. The van der Waals surface area contributed by atoms with Crippen LogP contribution in [0.25, 0.3) is 0 Å². The van der Waals surface area contributed by atoms with Crippen LogP contribution in [0.3, 0.4) is 0 Å². The molecule has 0 unspecified atom stereocenters. The highest BCUT2D eigenvalue weighted by atomic mass is 79.9. The van der Waals surface area contributed by atoms with Crippen LogP contribution in [0.1, 0.15) is 29.6 Å². The number of carbonyl (C=O) groups is 1. The zero-order valence-electron chi connectivity index (χ0n) is 9.83. The van der Waals surface area contributed by atoms with Crippen LogP contribution in [-0.4, -0.2) is 23.0 Å². The van der Waals surface area contributed by atoms with Crippen molar-refractivity contribution in [3.63, 3.8) is 0 Å². The van der Waals surface area contributed by atoms with Crippen molar-refractivity contribution < 1.29 is 4.79 Å². The minimum atomic E-state index is -0.00470. The van der Waals surface area contributed by atoms with E-state index in [9.17, 15) is 4.79 Å². The Bertz CT molecular complexity index is 395. The maximum atomic E-state index is 12.1. The van der Waals surface area contributed by atoms with Crippen molar-refractivity contribution in [2.45, 2.75) is 29.7 Å². The van der Waals surface area contributed by atoms with E-state index in [4.69, 9.17) is 0 Å². The molecular formula is C13H16BrNOS. The lowest BCUT2D eigenvalue weighted by atomic mass is 9.78. The largest absolute Gasteiger partial charge is 0.346 e. The second-order valence-electron chi connectivity index (χ2n) is 4.45. The fourth-order valence-corrected chi connectivity index (χ4v) is 3.06. The van der Waals surface area contributed by atoms with E-state index in [1.165, 1.54) is 11.3 Å². The molecule has 0 heterocycles. The van der Waals surface area contributed by atoms with E-state index in [0.29, 0.717) is 0 Å². The normalized spacial score (nSPS) is 17.3. The number of alkyl halides is 1. The van der Waals surface area contributed by atoms with E-state index < -0.39 is 0 Å². The molecule has 0 radical (unpaired) electrons. The third kappa shape index (κ3) is 2.86. The molecule has 0 saturated heterocycles. The van der Waals surface area contributed by atoms with Gasteiger partial charge >= 0.3 is 0 Å². The molecule has 2 nitrogen and oxygen atoms in total. The standard InChI is InChI=1S/C13H16BrNOS/c1-17-11-5-3-10(4-6-11)12(16)15-13(9-14)7-2-8-13/h3-6H,2,7-9H2,1H3,(H,15,16). The molecule has 17 heavy (non-hydrogen) atoms. The number of rotatable bonds is 4. The average Bonchev–Trinajstić information content (AvgIpc) is 2.33. The smallest absolute Gasteiger partial charge is 0.251 e. The predicted molar refractivity (Wildman–Crippen MR) is 76.1 cm³/mol. The topological polar surface area (TPSA) is 29.1 Å². The number of amides is 1. The monoisotopic (exact) mass is 313 g/mol. The maximum absolute atomic E-state index is 12.1. The number of hydrogen-bond acceptors (Lipinski definition) is 2. The Hall–Kier alpha value is -0.480. The lowest BCUT2D eigenvalue weighted by molar-refractivity contribution is 0.0856. The zero-order valence-corrected chi connectivity index (χ0v) is 12.2. The second kappa shape index (κ2) is 5.44. The van der Waals surface area contributed by atoms with Gasteiger partial charge in [0, 0.05) is 15.8 Å². The molecule has 0 bridgehead atoms. The Kier molecular flexibility index (Phi) is 4.15. The van der Waals surface area contributed by atoms with Gasteiger partial charge in [0.1, 0.15) is 0 Å². The molecule has 0 aliphatic heterocycles. The van der Waals surface area contributed by atoms with Gasteiger partial charge in [-0.3, -0.25) is 4.79 Å². The fraction of sp³-hybridized carbons (Fsp3) is 0.462. The van der Waals surface area contributed by atoms with Crippen LogP contribution in [-0.2, 0) is 0 Å². The van der Waals surface area contributed by atoms with E-state index >= 15 is 0 Å². The minimum Gasteiger partial charge on any atom is -0.346 e. The molecule has 1 N–H and O–H groups in total. The first kappa shape index (κ1) is 13.0. The number of carbonyl (C=O) groups excluding carboxylic acids is 1. The molecule has 0 spiro atoms. The summed E-state index contributed by atoms with van der Waals surface area (Å²) in [6.45, 7) is 0. The van der Waals surface area contributed by atoms with Crippen LogP contribution in [0.4, 0.5) is 0 Å². The van der Waals surface area contributed by atoms with E-state index in [-0.39, 0.29) is 11.4 Å². The number of hydrogen-bond donors (Lipinski definition) is 1. The summed E-state index contributed by atoms with van der Waals surface area (Å²) in [5, 5.41) is 3.98. The van der Waals surface area contributed by atoms with E-state index in [1.807, 2.05) is 30.5 Å². The Morgan fingerprint density at radius 2 is 2.06 bits per heavy atom. The Labute approximate surface area is 115 Å². The molecule has 1 aliphatic rings. The van der Waals surface area contributed by atoms with Gasteiger partial charge in [-0.05, 0) is 49.8 Å². The summed E-state index contributed by atoms with van der Waals surface area (Å²) >= 11 is 5.17. The van der Waals surface area contributed by atoms with Crippen molar-refractivity contribution in [3.05, 3.63) is 29.8 Å². The summed E-state index contributed by atoms with van der Waals surface area (Å²) in [5.74, 6) is 0.0387. The Balaban J connectivity index is 2.03. The lowest BCUT2D eigenvalue weighted by Gasteiger charge is -2.41. The first-order valence-corrected chi connectivity index (χ1v) is 8.06. The summed E-state index contributed by atoms with van der Waals surface area (Å²) in [5.41, 5.74) is 0.741. The number of benzene rings is 1. The van der Waals surface area contributed by atoms with Gasteiger partial charge in [0.25, 0.3) is 5.91 Å². The van der Waals surface area contributed by atoms with Gasteiger partial charge < -0.3 is 5.32 Å². The van der Waals surface area contributed by atoms with Crippen molar-refractivity contribution in [2.24, 2.45) is 0 Å². The fourth-order valence-electron chi connectivity index (χ4n) is 1.95. The molecule has 1 saturated carbocycles.